The molecule has 0 N–H and O–H groups in total. The Balaban J connectivity index is 0. The van der Waals surface area contributed by atoms with Crippen LogP contribution in [0.4, 0.5) is 0 Å². The molecular formula is C16H37N3O. The summed E-state index contributed by atoms with van der Waals surface area (Å²) in [5.74, 6) is 0.252. The van der Waals surface area contributed by atoms with Crippen LogP contribution in [0.25, 0.3) is 0 Å². The van der Waals surface area contributed by atoms with Crippen molar-refractivity contribution in [1.82, 2.24) is 14.7 Å². The maximum Gasteiger partial charge on any atom is 0.223 e. The predicted molar refractivity (Wildman–Crippen MR) is 89.2 cm³/mol. The number of carbonyl (C=O) groups excluding carboxylic acids is 1. The number of carbonyl (C=O) groups is 1. The van der Waals surface area contributed by atoms with Crippen LogP contribution >= 0.6 is 0 Å². The number of nitrogens with zero attached hydrogens (tertiary/aromatic N) is 3. The van der Waals surface area contributed by atoms with Gasteiger partial charge in [0.2, 0.25) is 5.91 Å². The van der Waals surface area contributed by atoms with Gasteiger partial charge in [-0.25, -0.2) is 0 Å². The number of hydrogen-bond acceptors (Lipinski definition) is 3. The summed E-state index contributed by atoms with van der Waals surface area (Å²) >= 11 is 0. The van der Waals surface area contributed by atoms with E-state index in [4.69, 9.17) is 0 Å². The SMILES string of the molecule is CC.CCN(C)CCC(=O)N(C)CCCN(C)C(C)C. The summed E-state index contributed by atoms with van der Waals surface area (Å²) in [6, 6.07) is 0.573. The van der Waals surface area contributed by atoms with E-state index in [2.05, 4.69) is 37.6 Å². The summed E-state index contributed by atoms with van der Waals surface area (Å²) in [5, 5.41) is 0. The lowest BCUT2D eigenvalue weighted by Crippen LogP contribution is -2.34. The Morgan fingerprint density at radius 2 is 1.55 bits per heavy atom. The van der Waals surface area contributed by atoms with E-state index in [9.17, 15) is 4.79 Å². The third-order valence-corrected chi connectivity index (χ3v) is 3.56. The molecule has 4 heteroatoms. The number of amides is 1. The van der Waals surface area contributed by atoms with Crippen molar-refractivity contribution < 1.29 is 4.79 Å². The second-order valence-corrected chi connectivity index (χ2v) is 5.39. The van der Waals surface area contributed by atoms with E-state index in [1.807, 2.05) is 32.8 Å². The lowest BCUT2D eigenvalue weighted by molar-refractivity contribution is -0.130. The Kier molecular flexibility index (Phi) is 14.5. The fourth-order valence-corrected chi connectivity index (χ4v) is 1.58. The molecule has 0 radical (unpaired) electrons. The van der Waals surface area contributed by atoms with Crippen molar-refractivity contribution in [3.05, 3.63) is 0 Å². The third kappa shape index (κ3) is 11.2. The molecule has 0 aliphatic carbocycles. The quantitative estimate of drug-likeness (QED) is 0.652. The van der Waals surface area contributed by atoms with E-state index in [1.165, 1.54) is 0 Å². The zero-order valence-electron chi connectivity index (χ0n) is 15.1. The van der Waals surface area contributed by atoms with Gasteiger partial charge in [0, 0.05) is 32.6 Å². The predicted octanol–water partition coefficient (Wildman–Crippen LogP) is 2.54. The molecule has 20 heavy (non-hydrogen) atoms. The molecule has 0 bridgehead atoms. The van der Waals surface area contributed by atoms with Crippen molar-refractivity contribution in [2.24, 2.45) is 0 Å². The van der Waals surface area contributed by atoms with Crippen LogP contribution in [0.1, 0.15) is 47.5 Å². The van der Waals surface area contributed by atoms with Crippen LogP contribution in [0.3, 0.4) is 0 Å². The summed E-state index contributed by atoms with van der Waals surface area (Å²) in [7, 11) is 6.08. The van der Waals surface area contributed by atoms with Crippen LogP contribution in [-0.2, 0) is 4.79 Å². The van der Waals surface area contributed by atoms with Gasteiger partial charge < -0.3 is 14.7 Å². The Hall–Kier alpha value is -0.610. The van der Waals surface area contributed by atoms with Crippen LogP contribution in [0.5, 0.6) is 0 Å². The van der Waals surface area contributed by atoms with Crippen LogP contribution < -0.4 is 0 Å². The lowest BCUT2D eigenvalue weighted by Gasteiger charge is -2.23. The van der Waals surface area contributed by atoms with Gasteiger partial charge >= 0.3 is 0 Å². The molecule has 0 spiro atoms. The highest BCUT2D eigenvalue weighted by molar-refractivity contribution is 5.76. The molecule has 0 rings (SSSR count). The zero-order chi connectivity index (χ0) is 16.1. The molecule has 4 nitrogen and oxygen atoms in total. The molecule has 0 heterocycles. The van der Waals surface area contributed by atoms with Crippen LogP contribution in [0.2, 0.25) is 0 Å². The molecule has 0 aliphatic heterocycles. The minimum absolute atomic E-state index is 0.252. The van der Waals surface area contributed by atoms with E-state index in [0.29, 0.717) is 12.5 Å². The second kappa shape index (κ2) is 13.4. The molecule has 0 aromatic heterocycles. The van der Waals surface area contributed by atoms with Crippen molar-refractivity contribution >= 4 is 5.91 Å². The normalized spacial score (nSPS) is 10.8. The van der Waals surface area contributed by atoms with Gasteiger partial charge in [0.25, 0.3) is 0 Å². The Morgan fingerprint density at radius 3 is 2.00 bits per heavy atom. The maximum atomic E-state index is 11.9. The van der Waals surface area contributed by atoms with E-state index in [0.717, 1.165) is 32.6 Å². The first kappa shape index (κ1) is 21.7. The molecule has 0 aliphatic rings. The summed E-state index contributed by atoms with van der Waals surface area (Å²) in [5.41, 5.74) is 0. The van der Waals surface area contributed by atoms with E-state index >= 15 is 0 Å². The second-order valence-electron chi connectivity index (χ2n) is 5.39. The first-order valence-corrected chi connectivity index (χ1v) is 8.01. The number of hydrogen-bond donors (Lipinski definition) is 0. The molecule has 122 valence electrons. The highest BCUT2D eigenvalue weighted by Crippen LogP contribution is 1.99. The topological polar surface area (TPSA) is 26.8 Å². The van der Waals surface area contributed by atoms with Gasteiger partial charge in [-0.05, 0) is 47.5 Å². The van der Waals surface area contributed by atoms with Gasteiger partial charge in [-0.15, -0.1) is 0 Å². The highest BCUT2D eigenvalue weighted by atomic mass is 16.2. The van der Waals surface area contributed by atoms with Gasteiger partial charge in [-0.1, -0.05) is 20.8 Å². The number of rotatable bonds is 9. The van der Waals surface area contributed by atoms with Gasteiger partial charge in [0.15, 0.2) is 0 Å². The molecule has 0 saturated heterocycles. The fourth-order valence-electron chi connectivity index (χ4n) is 1.58. The molecule has 0 aromatic rings. The molecule has 0 aromatic carbocycles. The van der Waals surface area contributed by atoms with E-state index < -0.39 is 0 Å². The molecule has 0 saturated carbocycles. The maximum absolute atomic E-state index is 11.9. The first-order chi connectivity index (χ1) is 9.38. The molecule has 1 amide bonds. The monoisotopic (exact) mass is 287 g/mol. The third-order valence-electron chi connectivity index (χ3n) is 3.56. The average molecular weight is 287 g/mol. The molecule has 0 fully saturated rings. The Morgan fingerprint density at radius 1 is 1.00 bits per heavy atom. The molecular weight excluding hydrogens is 250 g/mol. The molecule has 0 atom stereocenters. The van der Waals surface area contributed by atoms with E-state index in [1.54, 1.807) is 0 Å². The van der Waals surface area contributed by atoms with Gasteiger partial charge in [-0.3, -0.25) is 4.79 Å². The summed E-state index contributed by atoms with van der Waals surface area (Å²) in [4.78, 5) is 18.2. The average Bonchev–Trinajstić information content (AvgIpc) is 2.45. The van der Waals surface area contributed by atoms with Gasteiger partial charge in [-0.2, -0.15) is 0 Å². The standard InChI is InChI=1S/C14H31N3O.C2H6/c1-7-15(4)12-9-14(18)17(6)11-8-10-16(5)13(2)3;1-2/h13H,7-12H2,1-6H3;1-2H3. The van der Waals surface area contributed by atoms with Crippen LogP contribution in [0, 0.1) is 0 Å². The van der Waals surface area contributed by atoms with Crippen molar-refractivity contribution in [2.45, 2.75) is 53.5 Å². The Bertz CT molecular complexity index is 232. The Labute approximate surface area is 127 Å². The van der Waals surface area contributed by atoms with E-state index in [-0.39, 0.29) is 5.91 Å². The van der Waals surface area contributed by atoms with Gasteiger partial charge in [0.1, 0.15) is 0 Å². The minimum atomic E-state index is 0.252. The van der Waals surface area contributed by atoms with Crippen LogP contribution in [-0.4, -0.2) is 74.0 Å². The smallest absolute Gasteiger partial charge is 0.223 e. The van der Waals surface area contributed by atoms with Crippen molar-refractivity contribution in [3.8, 4) is 0 Å². The van der Waals surface area contributed by atoms with Crippen LogP contribution in [0.15, 0.2) is 0 Å². The lowest BCUT2D eigenvalue weighted by atomic mass is 10.3. The zero-order valence-corrected chi connectivity index (χ0v) is 15.1. The fraction of sp³-hybridized carbons (Fsp3) is 0.938. The van der Waals surface area contributed by atoms with Gasteiger partial charge in [0.05, 0.1) is 0 Å². The molecule has 0 unspecified atom stereocenters. The summed E-state index contributed by atoms with van der Waals surface area (Å²) < 4.78 is 0. The highest BCUT2D eigenvalue weighted by Gasteiger charge is 2.10. The van der Waals surface area contributed by atoms with Crippen molar-refractivity contribution in [1.29, 1.82) is 0 Å². The minimum Gasteiger partial charge on any atom is -0.346 e. The van der Waals surface area contributed by atoms with Crippen molar-refractivity contribution in [2.75, 3.05) is 47.3 Å². The summed E-state index contributed by atoms with van der Waals surface area (Å²) in [6.45, 7) is 14.2. The first-order valence-electron chi connectivity index (χ1n) is 8.01. The van der Waals surface area contributed by atoms with Crippen molar-refractivity contribution in [3.63, 3.8) is 0 Å². The largest absolute Gasteiger partial charge is 0.346 e. The summed E-state index contributed by atoms with van der Waals surface area (Å²) in [6.07, 6.45) is 1.67.